The number of aromatic nitrogens is 3. The lowest BCUT2D eigenvalue weighted by Gasteiger charge is -2.25. The van der Waals surface area contributed by atoms with E-state index in [9.17, 15) is 4.79 Å². The number of rotatable bonds is 5. The van der Waals surface area contributed by atoms with Gasteiger partial charge in [0.05, 0.1) is 12.7 Å². The first-order chi connectivity index (χ1) is 14.5. The smallest absolute Gasteiger partial charge is 0.239 e. The van der Waals surface area contributed by atoms with Crippen molar-refractivity contribution in [2.75, 3.05) is 20.6 Å². The Labute approximate surface area is 186 Å². The monoisotopic (exact) mass is 441 g/mol. The molecule has 156 valence electrons. The molecule has 8 heteroatoms. The summed E-state index contributed by atoms with van der Waals surface area (Å²) < 4.78 is 4.37. The van der Waals surface area contributed by atoms with Gasteiger partial charge in [0.2, 0.25) is 10.7 Å². The lowest BCUT2D eigenvalue weighted by molar-refractivity contribution is -0.134. The van der Waals surface area contributed by atoms with E-state index in [1.165, 1.54) is 0 Å². The Morgan fingerprint density at radius 1 is 1.17 bits per heavy atom. The summed E-state index contributed by atoms with van der Waals surface area (Å²) in [5.41, 5.74) is 1.87. The highest BCUT2D eigenvalue weighted by atomic mass is 35.5. The Morgan fingerprint density at radius 3 is 2.53 bits per heavy atom. The number of nitrogens with zero attached hydrogens (tertiary/aromatic N) is 5. The summed E-state index contributed by atoms with van der Waals surface area (Å²) in [5.74, 6) is 0.872. The third-order valence-corrected chi connectivity index (χ3v) is 6.01. The number of halogens is 1. The summed E-state index contributed by atoms with van der Waals surface area (Å²) in [6.45, 7) is 1.32. The van der Waals surface area contributed by atoms with Gasteiger partial charge in [-0.1, -0.05) is 29.8 Å². The summed E-state index contributed by atoms with van der Waals surface area (Å²) in [6, 6.07) is 17.4. The molecule has 0 saturated carbocycles. The van der Waals surface area contributed by atoms with Crippen LogP contribution in [0.4, 0.5) is 0 Å². The Kier molecular flexibility index (Phi) is 6.04. The van der Waals surface area contributed by atoms with E-state index < -0.39 is 0 Å². The SMILES string of the molecule is CN(C)C(=O)C1CCCN1Cn1nc(-c2ccc(Cl)cc2)n(-c2ccccc2)c1=S. The second kappa shape index (κ2) is 8.71. The Morgan fingerprint density at radius 2 is 1.87 bits per heavy atom. The molecule has 0 aliphatic carbocycles. The molecule has 1 aromatic heterocycles. The van der Waals surface area contributed by atoms with Crippen molar-refractivity contribution in [2.45, 2.75) is 25.6 Å². The van der Waals surface area contributed by atoms with Crippen molar-refractivity contribution < 1.29 is 4.79 Å². The molecule has 1 saturated heterocycles. The van der Waals surface area contributed by atoms with Gasteiger partial charge in [-0.3, -0.25) is 14.3 Å². The third-order valence-electron chi connectivity index (χ3n) is 5.36. The molecule has 4 rings (SSSR count). The van der Waals surface area contributed by atoms with Crippen LogP contribution in [-0.2, 0) is 11.5 Å². The van der Waals surface area contributed by atoms with Crippen molar-refractivity contribution in [3.63, 3.8) is 0 Å². The molecule has 6 nitrogen and oxygen atoms in total. The zero-order chi connectivity index (χ0) is 21.3. The van der Waals surface area contributed by atoms with Gasteiger partial charge in [0, 0.05) is 36.9 Å². The van der Waals surface area contributed by atoms with Gasteiger partial charge in [-0.05, 0) is 61.5 Å². The number of para-hydroxylation sites is 1. The minimum atomic E-state index is -0.136. The molecule has 1 unspecified atom stereocenters. The molecule has 1 aliphatic rings. The molecule has 1 aliphatic heterocycles. The van der Waals surface area contributed by atoms with E-state index in [-0.39, 0.29) is 11.9 Å². The van der Waals surface area contributed by atoms with Gasteiger partial charge in [0.1, 0.15) is 0 Å². The molecule has 1 atom stereocenters. The summed E-state index contributed by atoms with van der Waals surface area (Å²) >= 11 is 11.9. The van der Waals surface area contributed by atoms with Crippen LogP contribution in [0.1, 0.15) is 12.8 Å². The largest absolute Gasteiger partial charge is 0.347 e. The first-order valence-electron chi connectivity index (χ1n) is 9.92. The number of likely N-dealkylation sites (tertiary alicyclic amines) is 1. The average molecular weight is 442 g/mol. The zero-order valence-corrected chi connectivity index (χ0v) is 18.6. The van der Waals surface area contributed by atoms with Crippen molar-refractivity contribution >= 4 is 29.7 Å². The van der Waals surface area contributed by atoms with Gasteiger partial charge in [0.15, 0.2) is 5.82 Å². The molecule has 3 aromatic rings. The molecule has 2 heterocycles. The van der Waals surface area contributed by atoms with Gasteiger partial charge in [-0.15, -0.1) is 5.10 Å². The minimum absolute atomic E-state index is 0.124. The highest BCUT2D eigenvalue weighted by Crippen LogP contribution is 2.26. The predicted octanol–water partition coefficient (Wildman–Crippen LogP) is 4.23. The van der Waals surface area contributed by atoms with E-state index in [2.05, 4.69) is 4.90 Å². The molecular formula is C22H24ClN5OS. The predicted molar refractivity (Wildman–Crippen MR) is 121 cm³/mol. The van der Waals surface area contributed by atoms with Crippen LogP contribution < -0.4 is 0 Å². The first-order valence-corrected chi connectivity index (χ1v) is 10.7. The second-order valence-corrected chi connectivity index (χ2v) is 8.43. The van der Waals surface area contributed by atoms with Gasteiger partial charge < -0.3 is 4.90 Å². The molecule has 0 N–H and O–H groups in total. The van der Waals surface area contributed by atoms with Crippen molar-refractivity contribution in [1.29, 1.82) is 0 Å². The van der Waals surface area contributed by atoms with Crippen molar-refractivity contribution in [2.24, 2.45) is 0 Å². The normalized spacial score (nSPS) is 16.7. The summed E-state index contributed by atoms with van der Waals surface area (Å²) in [7, 11) is 3.60. The highest BCUT2D eigenvalue weighted by molar-refractivity contribution is 7.71. The summed E-state index contributed by atoms with van der Waals surface area (Å²) in [6.07, 6.45) is 1.84. The molecule has 2 aromatic carbocycles. The fraction of sp³-hybridized carbons (Fsp3) is 0.318. The zero-order valence-electron chi connectivity index (χ0n) is 17.0. The van der Waals surface area contributed by atoms with Crippen LogP contribution in [0.15, 0.2) is 54.6 Å². The van der Waals surface area contributed by atoms with Gasteiger partial charge in [0.25, 0.3) is 0 Å². The maximum absolute atomic E-state index is 12.6. The van der Waals surface area contributed by atoms with Gasteiger partial charge >= 0.3 is 0 Å². The standard InChI is InChI=1S/C22H24ClN5OS/c1-25(2)21(29)19-9-6-14-26(19)15-27-22(30)28(18-7-4-3-5-8-18)20(24-27)16-10-12-17(23)13-11-16/h3-5,7-8,10-13,19H,6,9,14-15H2,1-2H3. The van der Waals surface area contributed by atoms with Crippen LogP contribution in [0, 0.1) is 4.77 Å². The first kappa shape index (κ1) is 20.8. The highest BCUT2D eigenvalue weighted by Gasteiger charge is 2.32. The molecule has 30 heavy (non-hydrogen) atoms. The maximum Gasteiger partial charge on any atom is 0.239 e. The average Bonchev–Trinajstić information content (AvgIpc) is 3.33. The number of benzene rings is 2. The maximum atomic E-state index is 12.6. The number of carbonyl (C=O) groups excluding carboxylic acids is 1. The van der Waals surface area contributed by atoms with Crippen LogP contribution in [0.3, 0.4) is 0 Å². The van der Waals surface area contributed by atoms with E-state index >= 15 is 0 Å². The quantitative estimate of drug-likeness (QED) is 0.556. The molecule has 0 radical (unpaired) electrons. The molecule has 0 spiro atoms. The van der Waals surface area contributed by atoms with E-state index in [0.717, 1.165) is 36.5 Å². The Balaban J connectivity index is 1.75. The summed E-state index contributed by atoms with van der Waals surface area (Å²) in [5, 5.41) is 5.53. The van der Waals surface area contributed by atoms with E-state index in [1.807, 2.05) is 63.8 Å². The molecular weight excluding hydrogens is 418 g/mol. The number of amides is 1. The van der Waals surface area contributed by atoms with Crippen molar-refractivity contribution in [3.05, 3.63) is 64.4 Å². The van der Waals surface area contributed by atoms with Crippen molar-refractivity contribution in [3.8, 4) is 17.1 Å². The third kappa shape index (κ3) is 4.05. The van der Waals surface area contributed by atoms with Crippen LogP contribution in [0.25, 0.3) is 17.1 Å². The van der Waals surface area contributed by atoms with E-state index in [1.54, 1.807) is 19.0 Å². The molecule has 1 fully saturated rings. The van der Waals surface area contributed by atoms with Crippen LogP contribution in [0.5, 0.6) is 0 Å². The van der Waals surface area contributed by atoms with Gasteiger partial charge in [-0.25, -0.2) is 4.68 Å². The van der Waals surface area contributed by atoms with Crippen LogP contribution >= 0.6 is 23.8 Å². The fourth-order valence-corrected chi connectivity index (χ4v) is 4.26. The number of likely N-dealkylation sites (N-methyl/N-ethyl adjacent to an activating group) is 1. The van der Waals surface area contributed by atoms with E-state index in [0.29, 0.717) is 16.5 Å². The Hall–Kier alpha value is -2.48. The summed E-state index contributed by atoms with van der Waals surface area (Å²) in [4.78, 5) is 16.4. The molecule has 0 bridgehead atoms. The van der Waals surface area contributed by atoms with Crippen LogP contribution in [-0.4, -0.2) is 56.7 Å². The lowest BCUT2D eigenvalue weighted by atomic mass is 10.2. The topological polar surface area (TPSA) is 46.3 Å². The molecule has 1 amide bonds. The lowest BCUT2D eigenvalue weighted by Crippen LogP contribution is -2.43. The van der Waals surface area contributed by atoms with Crippen molar-refractivity contribution in [1.82, 2.24) is 24.1 Å². The minimum Gasteiger partial charge on any atom is -0.347 e. The second-order valence-electron chi connectivity index (χ2n) is 7.63. The van der Waals surface area contributed by atoms with Crippen LogP contribution in [0.2, 0.25) is 5.02 Å². The fourth-order valence-electron chi connectivity index (χ4n) is 3.84. The number of carbonyl (C=O) groups is 1. The van der Waals surface area contributed by atoms with Gasteiger partial charge in [-0.2, -0.15) is 0 Å². The van der Waals surface area contributed by atoms with E-state index in [4.69, 9.17) is 28.9 Å². The number of hydrogen-bond donors (Lipinski definition) is 0. The number of hydrogen-bond acceptors (Lipinski definition) is 4. The Bertz CT molecular complexity index is 1090.